The van der Waals surface area contributed by atoms with E-state index in [1.165, 1.54) is 5.56 Å². The molecule has 1 unspecified atom stereocenters. The first kappa shape index (κ1) is 19.0. The van der Waals surface area contributed by atoms with Gasteiger partial charge >= 0.3 is 0 Å². The molecule has 29 heavy (non-hydrogen) atoms. The highest BCUT2D eigenvalue weighted by Crippen LogP contribution is 2.31. The van der Waals surface area contributed by atoms with E-state index in [2.05, 4.69) is 29.2 Å². The maximum atomic E-state index is 10.6. The summed E-state index contributed by atoms with van der Waals surface area (Å²) in [5, 5.41) is 10.6. The zero-order valence-corrected chi connectivity index (χ0v) is 16.4. The molecule has 0 fully saturated rings. The molecule has 1 heterocycles. The SMILES string of the molecule is Cc1ccc(OCC(O)Cn2cnc(-c3ccccc3)c2-c2ccccc2)cc1. The Kier molecular flexibility index (Phi) is 5.73. The fourth-order valence-corrected chi connectivity index (χ4v) is 3.33. The number of aliphatic hydroxyl groups is 1. The quantitative estimate of drug-likeness (QED) is 0.490. The molecule has 0 amide bonds. The Balaban J connectivity index is 1.57. The molecule has 1 N–H and O–H groups in total. The van der Waals surface area contributed by atoms with E-state index >= 15 is 0 Å². The smallest absolute Gasteiger partial charge is 0.119 e. The van der Waals surface area contributed by atoms with Crippen molar-refractivity contribution < 1.29 is 9.84 Å². The molecule has 0 bridgehead atoms. The molecule has 4 rings (SSSR count). The highest BCUT2D eigenvalue weighted by molar-refractivity contribution is 5.78. The second kappa shape index (κ2) is 8.76. The lowest BCUT2D eigenvalue weighted by molar-refractivity contribution is 0.0928. The Morgan fingerprint density at radius 3 is 2.14 bits per heavy atom. The molecular weight excluding hydrogens is 360 g/mol. The van der Waals surface area contributed by atoms with E-state index in [4.69, 9.17) is 4.74 Å². The lowest BCUT2D eigenvalue weighted by Gasteiger charge is -2.16. The van der Waals surface area contributed by atoms with Crippen molar-refractivity contribution in [3.05, 3.63) is 96.8 Å². The van der Waals surface area contributed by atoms with Gasteiger partial charge in [0.1, 0.15) is 18.5 Å². The Hall–Kier alpha value is -3.37. The van der Waals surface area contributed by atoms with Crippen molar-refractivity contribution in [2.75, 3.05) is 6.61 Å². The van der Waals surface area contributed by atoms with E-state index in [0.717, 1.165) is 28.3 Å². The van der Waals surface area contributed by atoms with Crippen LogP contribution in [-0.2, 0) is 6.54 Å². The normalized spacial score (nSPS) is 11.9. The Morgan fingerprint density at radius 2 is 1.48 bits per heavy atom. The molecular formula is C25H24N2O2. The summed E-state index contributed by atoms with van der Waals surface area (Å²) in [6.45, 7) is 2.65. The Labute approximate surface area is 171 Å². The number of aryl methyl sites for hydroxylation is 1. The van der Waals surface area contributed by atoms with Gasteiger partial charge in [-0.15, -0.1) is 0 Å². The molecule has 4 aromatic rings. The van der Waals surface area contributed by atoms with Gasteiger partial charge in [-0.2, -0.15) is 0 Å². The van der Waals surface area contributed by atoms with Crippen molar-refractivity contribution in [2.24, 2.45) is 0 Å². The molecule has 0 radical (unpaired) electrons. The van der Waals surface area contributed by atoms with Crippen LogP contribution in [-0.4, -0.2) is 27.4 Å². The number of ether oxygens (including phenoxy) is 1. The third kappa shape index (κ3) is 4.55. The van der Waals surface area contributed by atoms with Crippen LogP contribution in [0, 0.1) is 6.92 Å². The average Bonchev–Trinajstić information content (AvgIpc) is 3.18. The molecule has 0 aliphatic heterocycles. The minimum Gasteiger partial charge on any atom is -0.491 e. The summed E-state index contributed by atoms with van der Waals surface area (Å²) in [4.78, 5) is 4.65. The third-order valence-corrected chi connectivity index (χ3v) is 4.80. The monoisotopic (exact) mass is 384 g/mol. The van der Waals surface area contributed by atoms with Crippen LogP contribution in [0.2, 0.25) is 0 Å². The maximum Gasteiger partial charge on any atom is 0.119 e. The minimum absolute atomic E-state index is 0.218. The van der Waals surface area contributed by atoms with Gasteiger partial charge in [-0.1, -0.05) is 78.4 Å². The van der Waals surface area contributed by atoms with Crippen molar-refractivity contribution in [2.45, 2.75) is 19.6 Å². The van der Waals surface area contributed by atoms with Crippen LogP contribution in [0.5, 0.6) is 5.75 Å². The molecule has 3 aromatic carbocycles. The van der Waals surface area contributed by atoms with Gasteiger partial charge in [0.2, 0.25) is 0 Å². The van der Waals surface area contributed by atoms with Gasteiger partial charge < -0.3 is 14.4 Å². The van der Waals surface area contributed by atoms with E-state index in [-0.39, 0.29) is 6.61 Å². The maximum absolute atomic E-state index is 10.6. The summed E-state index contributed by atoms with van der Waals surface area (Å²) in [6.07, 6.45) is 1.14. The number of rotatable bonds is 7. The predicted molar refractivity (Wildman–Crippen MR) is 116 cm³/mol. The van der Waals surface area contributed by atoms with Crippen LogP contribution < -0.4 is 4.74 Å². The van der Waals surface area contributed by atoms with Crippen molar-refractivity contribution in [3.63, 3.8) is 0 Å². The lowest BCUT2D eigenvalue weighted by atomic mass is 10.0. The first-order chi connectivity index (χ1) is 14.2. The van der Waals surface area contributed by atoms with E-state index in [1.54, 1.807) is 6.33 Å². The third-order valence-electron chi connectivity index (χ3n) is 4.80. The van der Waals surface area contributed by atoms with Crippen LogP contribution in [0.1, 0.15) is 5.56 Å². The van der Waals surface area contributed by atoms with Crippen molar-refractivity contribution >= 4 is 0 Å². The zero-order valence-electron chi connectivity index (χ0n) is 16.4. The second-order valence-corrected chi connectivity index (χ2v) is 7.10. The molecule has 4 heteroatoms. The summed E-state index contributed by atoms with van der Waals surface area (Å²) in [5.74, 6) is 0.758. The summed E-state index contributed by atoms with van der Waals surface area (Å²) < 4.78 is 7.75. The Bertz CT molecular complexity index is 1040. The fourth-order valence-electron chi connectivity index (χ4n) is 3.33. The average molecular weight is 384 g/mol. The van der Waals surface area contributed by atoms with Crippen LogP contribution in [0.15, 0.2) is 91.3 Å². The van der Waals surface area contributed by atoms with E-state index in [1.807, 2.05) is 72.2 Å². The van der Waals surface area contributed by atoms with Gasteiger partial charge in [-0.3, -0.25) is 0 Å². The standard InChI is InChI=1S/C25H24N2O2/c1-19-12-14-23(15-13-19)29-17-22(28)16-27-18-26-24(20-8-4-2-5-9-20)25(27)21-10-6-3-7-11-21/h2-15,18,22,28H,16-17H2,1H3. The number of aliphatic hydroxyl groups excluding tert-OH is 1. The number of benzene rings is 3. The molecule has 1 aromatic heterocycles. The van der Waals surface area contributed by atoms with E-state index < -0.39 is 6.10 Å². The summed E-state index contributed by atoms with van der Waals surface area (Å²) in [6, 6.07) is 28.1. The van der Waals surface area contributed by atoms with Crippen LogP contribution >= 0.6 is 0 Å². The molecule has 0 saturated carbocycles. The van der Waals surface area contributed by atoms with Gasteiger partial charge in [0.05, 0.1) is 24.3 Å². The number of hydrogen-bond acceptors (Lipinski definition) is 3. The largest absolute Gasteiger partial charge is 0.491 e. The number of imidazole rings is 1. The molecule has 0 spiro atoms. The van der Waals surface area contributed by atoms with Crippen molar-refractivity contribution in [3.8, 4) is 28.3 Å². The summed E-state index contributed by atoms with van der Waals surface area (Å²) in [5.41, 5.74) is 5.19. The first-order valence-corrected chi connectivity index (χ1v) is 9.74. The van der Waals surface area contributed by atoms with E-state index in [0.29, 0.717) is 6.54 Å². The molecule has 1 atom stereocenters. The van der Waals surface area contributed by atoms with Crippen LogP contribution in [0.25, 0.3) is 22.5 Å². The second-order valence-electron chi connectivity index (χ2n) is 7.10. The van der Waals surface area contributed by atoms with E-state index in [9.17, 15) is 5.11 Å². The molecule has 0 aliphatic rings. The fraction of sp³-hybridized carbons (Fsp3) is 0.160. The van der Waals surface area contributed by atoms with Crippen molar-refractivity contribution in [1.29, 1.82) is 0 Å². The summed E-state index contributed by atoms with van der Waals surface area (Å²) >= 11 is 0. The van der Waals surface area contributed by atoms with Gasteiger partial charge in [0.15, 0.2) is 0 Å². The highest BCUT2D eigenvalue weighted by Gasteiger charge is 2.17. The number of aromatic nitrogens is 2. The number of nitrogens with zero attached hydrogens (tertiary/aromatic N) is 2. The molecule has 4 nitrogen and oxygen atoms in total. The van der Waals surface area contributed by atoms with Crippen molar-refractivity contribution in [1.82, 2.24) is 9.55 Å². The molecule has 0 aliphatic carbocycles. The van der Waals surface area contributed by atoms with Gasteiger partial charge in [-0.05, 0) is 19.1 Å². The van der Waals surface area contributed by atoms with Crippen LogP contribution in [0.3, 0.4) is 0 Å². The highest BCUT2D eigenvalue weighted by atomic mass is 16.5. The minimum atomic E-state index is -0.656. The van der Waals surface area contributed by atoms with Gasteiger partial charge in [0.25, 0.3) is 0 Å². The molecule has 146 valence electrons. The number of hydrogen-bond donors (Lipinski definition) is 1. The summed E-state index contributed by atoms with van der Waals surface area (Å²) in [7, 11) is 0. The van der Waals surface area contributed by atoms with Gasteiger partial charge in [-0.25, -0.2) is 4.98 Å². The van der Waals surface area contributed by atoms with Gasteiger partial charge in [0, 0.05) is 11.1 Å². The first-order valence-electron chi connectivity index (χ1n) is 9.74. The van der Waals surface area contributed by atoms with Crippen LogP contribution in [0.4, 0.5) is 0 Å². The topological polar surface area (TPSA) is 47.3 Å². The zero-order chi connectivity index (χ0) is 20.1. The lowest BCUT2D eigenvalue weighted by Crippen LogP contribution is -2.23. The Morgan fingerprint density at radius 1 is 0.862 bits per heavy atom. The predicted octanol–water partition coefficient (Wildman–Crippen LogP) is 4.97. The molecule has 0 saturated heterocycles.